The molecule has 100 valence electrons. The van der Waals surface area contributed by atoms with Crippen LogP contribution in [0.4, 0.5) is 5.69 Å². The predicted molar refractivity (Wildman–Crippen MR) is 84.7 cm³/mol. The van der Waals surface area contributed by atoms with Crippen molar-refractivity contribution in [1.82, 2.24) is 0 Å². The first-order chi connectivity index (χ1) is 8.58. The molecule has 0 radical (unpaired) electrons. The Morgan fingerprint density at radius 1 is 1.28 bits per heavy atom. The molecule has 0 bridgehead atoms. The van der Waals surface area contributed by atoms with Crippen LogP contribution in [0.15, 0.2) is 21.1 Å². The molecule has 0 fully saturated rings. The fraction of sp³-hybridized carbons (Fsp3) is 0.417. The van der Waals surface area contributed by atoms with Gasteiger partial charge in [0.1, 0.15) is 5.75 Å². The Labute approximate surface area is 132 Å². The van der Waals surface area contributed by atoms with E-state index in [0.29, 0.717) is 12.2 Å². The lowest BCUT2D eigenvalue weighted by Crippen LogP contribution is -2.11. The summed E-state index contributed by atoms with van der Waals surface area (Å²) in [5, 5.41) is 3.80. The minimum Gasteiger partial charge on any atom is -0.495 e. The number of anilines is 1. The van der Waals surface area contributed by atoms with Gasteiger partial charge in [-0.15, -0.1) is 0 Å². The zero-order valence-corrected chi connectivity index (χ0v) is 14.7. The van der Waals surface area contributed by atoms with E-state index in [4.69, 9.17) is 4.74 Å². The summed E-state index contributed by atoms with van der Waals surface area (Å²) in [5.74, 6) is 0.704. The quantitative estimate of drug-likeness (QED) is 0.510. The van der Waals surface area contributed by atoms with Crippen molar-refractivity contribution in [1.29, 1.82) is 0 Å². The molecular formula is C12H14Br3NO2. The molecule has 6 heteroatoms. The van der Waals surface area contributed by atoms with Crippen LogP contribution in [0.5, 0.6) is 5.75 Å². The van der Waals surface area contributed by atoms with E-state index in [9.17, 15) is 4.79 Å². The largest absolute Gasteiger partial charge is 0.495 e. The minimum atomic E-state index is 0.0148. The van der Waals surface area contributed by atoms with Gasteiger partial charge in [-0.25, -0.2) is 0 Å². The number of hydrogen-bond donors (Lipinski definition) is 1. The number of rotatable bonds is 6. The normalized spacial score (nSPS) is 10.2. The van der Waals surface area contributed by atoms with Crippen molar-refractivity contribution in [3.8, 4) is 5.75 Å². The van der Waals surface area contributed by atoms with Gasteiger partial charge in [-0.1, -0.05) is 15.9 Å². The van der Waals surface area contributed by atoms with Crippen molar-refractivity contribution < 1.29 is 9.53 Å². The second-order valence-corrected chi connectivity index (χ2v) is 6.16. The number of carbonyl (C=O) groups is 1. The smallest absolute Gasteiger partial charge is 0.224 e. The van der Waals surface area contributed by atoms with Crippen LogP contribution in [0, 0.1) is 0 Å². The van der Waals surface area contributed by atoms with Gasteiger partial charge in [0, 0.05) is 22.3 Å². The average Bonchev–Trinajstić information content (AvgIpc) is 2.33. The highest BCUT2D eigenvalue weighted by Crippen LogP contribution is 2.34. The summed E-state index contributed by atoms with van der Waals surface area (Å²) >= 11 is 10.1. The first-order valence-corrected chi connectivity index (χ1v) is 8.18. The van der Waals surface area contributed by atoms with Crippen molar-refractivity contribution in [3.05, 3.63) is 21.1 Å². The van der Waals surface area contributed by atoms with Crippen molar-refractivity contribution in [3.63, 3.8) is 0 Å². The molecule has 1 N–H and O–H groups in total. The summed E-state index contributed by atoms with van der Waals surface area (Å²) in [6.07, 6.45) is 2.40. The molecule has 0 aromatic heterocycles. The monoisotopic (exact) mass is 441 g/mol. The van der Waals surface area contributed by atoms with Crippen LogP contribution in [0.3, 0.4) is 0 Å². The van der Waals surface area contributed by atoms with Crippen LogP contribution < -0.4 is 10.1 Å². The van der Waals surface area contributed by atoms with Crippen molar-refractivity contribution in [2.45, 2.75) is 19.3 Å². The molecule has 1 amide bonds. The Morgan fingerprint density at radius 3 is 2.61 bits per heavy atom. The summed E-state index contributed by atoms with van der Waals surface area (Å²) in [6.45, 7) is 0. The zero-order chi connectivity index (χ0) is 13.5. The van der Waals surface area contributed by atoms with Crippen LogP contribution in [-0.2, 0) is 4.79 Å². The molecule has 0 heterocycles. The molecule has 1 aromatic carbocycles. The highest BCUT2D eigenvalue weighted by atomic mass is 79.9. The van der Waals surface area contributed by atoms with E-state index >= 15 is 0 Å². The van der Waals surface area contributed by atoms with Gasteiger partial charge in [0.15, 0.2) is 0 Å². The predicted octanol–water partition coefficient (Wildman–Crippen LogP) is 4.72. The van der Waals surface area contributed by atoms with Gasteiger partial charge in [0.2, 0.25) is 5.91 Å². The fourth-order valence-corrected chi connectivity index (χ4v) is 3.03. The molecule has 0 atom stereocenters. The molecular weight excluding hydrogens is 430 g/mol. The maximum atomic E-state index is 11.7. The highest BCUT2D eigenvalue weighted by molar-refractivity contribution is 9.11. The number of nitrogens with one attached hydrogen (secondary N) is 1. The number of halogens is 3. The molecule has 0 unspecified atom stereocenters. The molecule has 0 saturated heterocycles. The molecule has 1 aromatic rings. The average molecular weight is 444 g/mol. The number of hydrogen-bond acceptors (Lipinski definition) is 2. The van der Waals surface area contributed by atoms with E-state index in [0.717, 1.165) is 32.8 Å². The van der Waals surface area contributed by atoms with Gasteiger partial charge in [0.05, 0.1) is 17.3 Å². The van der Waals surface area contributed by atoms with Gasteiger partial charge < -0.3 is 10.1 Å². The van der Waals surface area contributed by atoms with E-state index in [1.807, 2.05) is 6.07 Å². The Morgan fingerprint density at radius 2 is 2.00 bits per heavy atom. The third kappa shape index (κ3) is 4.90. The Balaban J connectivity index is 2.69. The Bertz CT molecular complexity index is 424. The maximum absolute atomic E-state index is 11.7. The zero-order valence-electron chi connectivity index (χ0n) is 9.93. The van der Waals surface area contributed by atoms with E-state index in [2.05, 4.69) is 53.1 Å². The van der Waals surface area contributed by atoms with Crippen molar-refractivity contribution >= 4 is 59.4 Å². The standard InChI is InChI=1S/C12H14Br3NO2/c1-18-11-7-10(8(14)6-9(11)15)16-12(17)4-2-3-5-13/h6-7H,2-5H2,1H3,(H,16,17). The molecule has 0 aliphatic carbocycles. The fourth-order valence-electron chi connectivity index (χ4n) is 1.37. The number of amides is 1. The number of alkyl halides is 1. The molecule has 0 saturated carbocycles. The SMILES string of the molecule is COc1cc(NC(=O)CCCCBr)c(Br)cc1Br. The minimum absolute atomic E-state index is 0.0148. The van der Waals surface area contributed by atoms with Crippen LogP contribution in [0.1, 0.15) is 19.3 Å². The topological polar surface area (TPSA) is 38.3 Å². The van der Waals surface area contributed by atoms with Gasteiger partial charge >= 0.3 is 0 Å². The molecule has 3 nitrogen and oxygen atoms in total. The summed E-state index contributed by atoms with van der Waals surface area (Å²) in [5.41, 5.74) is 0.721. The Hall–Kier alpha value is -0.0700. The molecule has 0 aliphatic rings. The number of carbonyl (C=O) groups excluding carboxylic acids is 1. The first-order valence-electron chi connectivity index (χ1n) is 5.47. The van der Waals surface area contributed by atoms with E-state index in [1.54, 1.807) is 13.2 Å². The lowest BCUT2D eigenvalue weighted by Gasteiger charge is -2.10. The number of benzene rings is 1. The number of ether oxygens (including phenoxy) is 1. The van der Waals surface area contributed by atoms with Gasteiger partial charge in [-0.05, 0) is 50.8 Å². The van der Waals surface area contributed by atoms with E-state index in [-0.39, 0.29) is 5.91 Å². The van der Waals surface area contributed by atoms with Crippen LogP contribution in [0.25, 0.3) is 0 Å². The molecule has 0 spiro atoms. The van der Waals surface area contributed by atoms with Crippen molar-refractivity contribution in [2.75, 3.05) is 17.8 Å². The summed E-state index contributed by atoms with van der Waals surface area (Å²) in [4.78, 5) is 11.7. The molecule has 1 rings (SSSR count). The maximum Gasteiger partial charge on any atom is 0.224 e. The van der Waals surface area contributed by atoms with E-state index < -0.39 is 0 Å². The van der Waals surface area contributed by atoms with Crippen LogP contribution in [-0.4, -0.2) is 18.3 Å². The van der Waals surface area contributed by atoms with Gasteiger partial charge in [-0.2, -0.15) is 0 Å². The molecule has 18 heavy (non-hydrogen) atoms. The Kier molecular flexibility index (Phi) is 7.26. The first kappa shape index (κ1) is 16.0. The number of methoxy groups -OCH3 is 1. The summed E-state index contributed by atoms with van der Waals surface area (Å²) in [6, 6.07) is 3.64. The highest BCUT2D eigenvalue weighted by Gasteiger charge is 2.09. The molecule has 0 aliphatic heterocycles. The third-order valence-corrected chi connectivity index (χ3v) is 4.14. The lowest BCUT2D eigenvalue weighted by molar-refractivity contribution is -0.116. The van der Waals surface area contributed by atoms with Crippen molar-refractivity contribution in [2.24, 2.45) is 0 Å². The van der Waals surface area contributed by atoms with Gasteiger partial charge in [-0.3, -0.25) is 4.79 Å². The van der Waals surface area contributed by atoms with E-state index in [1.165, 1.54) is 0 Å². The second-order valence-electron chi connectivity index (χ2n) is 3.66. The van der Waals surface area contributed by atoms with Crippen LogP contribution >= 0.6 is 47.8 Å². The second kappa shape index (κ2) is 8.17. The third-order valence-electron chi connectivity index (χ3n) is 2.30. The van der Waals surface area contributed by atoms with Gasteiger partial charge in [0.25, 0.3) is 0 Å². The lowest BCUT2D eigenvalue weighted by atomic mass is 10.2. The summed E-state index contributed by atoms with van der Waals surface area (Å²) < 4.78 is 6.86. The number of unbranched alkanes of at least 4 members (excludes halogenated alkanes) is 1. The van der Waals surface area contributed by atoms with Crippen LogP contribution in [0.2, 0.25) is 0 Å². The summed E-state index contributed by atoms with van der Waals surface area (Å²) in [7, 11) is 1.59.